The van der Waals surface area contributed by atoms with E-state index in [-0.39, 0.29) is 24.2 Å². The zero-order chi connectivity index (χ0) is 25.3. The molecule has 9 heteroatoms. The molecule has 36 heavy (non-hydrogen) atoms. The Bertz CT molecular complexity index is 1480. The molecule has 2 aromatic carbocycles. The third-order valence-electron chi connectivity index (χ3n) is 6.60. The summed E-state index contributed by atoms with van der Waals surface area (Å²) in [5.74, 6) is 0.549. The SMILES string of the molecule is COc1cccc(Cn2c(C(=O)N3CCN(S(=O)(=O)Cc4ccccc4)C(C)C3)cc3ccoc32)c1. The van der Waals surface area contributed by atoms with Crippen LogP contribution >= 0.6 is 0 Å². The molecule has 1 aliphatic rings. The first-order valence-corrected chi connectivity index (χ1v) is 13.5. The van der Waals surface area contributed by atoms with Crippen LogP contribution in [0.25, 0.3) is 11.1 Å². The third kappa shape index (κ3) is 4.76. The van der Waals surface area contributed by atoms with E-state index in [9.17, 15) is 13.2 Å². The molecule has 5 rings (SSSR count). The molecule has 1 aliphatic heterocycles. The van der Waals surface area contributed by atoms with Crippen molar-refractivity contribution in [1.29, 1.82) is 0 Å². The van der Waals surface area contributed by atoms with Crippen molar-refractivity contribution in [2.45, 2.75) is 25.3 Å². The van der Waals surface area contributed by atoms with Gasteiger partial charge in [0.15, 0.2) is 0 Å². The molecule has 0 saturated carbocycles. The Morgan fingerprint density at radius 3 is 2.56 bits per heavy atom. The van der Waals surface area contributed by atoms with Crippen LogP contribution in [-0.2, 0) is 22.3 Å². The summed E-state index contributed by atoms with van der Waals surface area (Å²) in [6.07, 6.45) is 1.61. The van der Waals surface area contributed by atoms with Crippen LogP contribution in [0.15, 0.2) is 77.4 Å². The number of ether oxygens (including phenoxy) is 1. The van der Waals surface area contributed by atoms with E-state index in [0.29, 0.717) is 31.0 Å². The predicted molar refractivity (Wildman–Crippen MR) is 137 cm³/mol. The normalized spacial score (nSPS) is 16.9. The lowest BCUT2D eigenvalue weighted by atomic mass is 10.2. The molecular weight excluding hydrogens is 478 g/mol. The van der Waals surface area contributed by atoms with Crippen LogP contribution in [0.4, 0.5) is 0 Å². The maximum absolute atomic E-state index is 13.7. The average molecular weight is 508 g/mol. The molecule has 188 valence electrons. The van der Waals surface area contributed by atoms with Gasteiger partial charge in [-0.05, 0) is 42.3 Å². The first-order valence-electron chi connectivity index (χ1n) is 11.9. The maximum atomic E-state index is 13.7. The van der Waals surface area contributed by atoms with Gasteiger partial charge < -0.3 is 18.6 Å². The Balaban J connectivity index is 1.35. The molecule has 0 spiro atoms. The Hall–Kier alpha value is -3.56. The van der Waals surface area contributed by atoms with Crippen molar-refractivity contribution in [2.75, 3.05) is 26.7 Å². The summed E-state index contributed by atoms with van der Waals surface area (Å²) in [5, 5.41) is 0.846. The van der Waals surface area contributed by atoms with Gasteiger partial charge in [-0.2, -0.15) is 4.31 Å². The number of fused-ring (bicyclic) bond motifs is 1. The average Bonchev–Trinajstić information content (AvgIpc) is 3.46. The molecule has 1 fully saturated rings. The first kappa shape index (κ1) is 24.1. The highest BCUT2D eigenvalue weighted by molar-refractivity contribution is 7.88. The van der Waals surface area contributed by atoms with Crippen LogP contribution in [0, 0.1) is 0 Å². The molecular formula is C27H29N3O5S. The van der Waals surface area contributed by atoms with Crippen molar-refractivity contribution in [3.63, 3.8) is 0 Å². The van der Waals surface area contributed by atoms with Crippen LogP contribution in [0.5, 0.6) is 5.75 Å². The lowest BCUT2D eigenvalue weighted by molar-refractivity contribution is 0.0631. The first-order chi connectivity index (χ1) is 17.4. The number of furan rings is 1. The van der Waals surface area contributed by atoms with Gasteiger partial charge >= 0.3 is 0 Å². The molecule has 8 nitrogen and oxygen atoms in total. The van der Waals surface area contributed by atoms with Gasteiger partial charge in [-0.1, -0.05) is 42.5 Å². The van der Waals surface area contributed by atoms with Gasteiger partial charge in [0, 0.05) is 31.1 Å². The predicted octanol–water partition coefficient (Wildman–Crippen LogP) is 3.97. The van der Waals surface area contributed by atoms with E-state index in [1.165, 1.54) is 4.31 Å². The Morgan fingerprint density at radius 2 is 1.81 bits per heavy atom. The second-order valence-corrected chi connectivity index (χ2v) is 11.0. The van der Waals surface area contributed by atoms with E-state index >= 15 is 0 Å². The summed E-state index contributed by atoms with van der Waals surface area (Å²) in [5.41, 5.74) is 2.86. The maximum Gasteiger partial charge on any atom is 0.270 e. The van der Waals surface area contributed by atoms with E-state index < -0.39 is 10.0 Å². The summed E-state index contributed by atoms with van der Waals surface area (Å²) in [6, 6.07) is 20.2. The molecule has 0 N–H and O–H groups in total. The lowest BCUT2D eigenvalue weighted by Crippen LogP contribution is -2.55. The number of rotatable bonds is 7. The van der Waals surface area contributed by atoms with Crippen molar-refractivity contribution in [1.82, 2.24) is 13.8 Å². The zero-order valence-electron chi connectivity index (χ0n) is 20.3. The summed E-state index contributed by atoms with van der Waals surface area (Å²) < 4.78 is 40.6. The number of methoxy groups -OCH3 is 1. The molecule has 1 unspecified atom stereocenters. The summed E-state index contributed by atoms with van der Waals surface area (Å²) in [6.45, 7) is 3.19. The van der Waals surface area contributed by atoms with Gasteiger partial charge in [0.2, 0.25) is 15.7 Å². The van der Waals surface area contributed by atoms with Crippen LogP contribution in [0.1, 0.15) is 28.5 Å². The van der Waals surface area contributed by atoms with E-state index in [1.807, 2.05) is 78.2 Å². The third-order valence-corrected chi connectivity index (χ3v) is 8.55. The van der Waals surface area contributed by atoms with Crippen LogP contribution in [-0.4, -0.2) is 60.9 Å². The monoisotopic (exact) mass is 507 g/mol. The molecule has 1 saturated heterocycles. The van der Waals surface area contributed by atoms with Gasteiger partial charge in [0.05, 0.1) is 25.7 Å². The molecule has 1 atom stereocenters. The summed E-state index contributed by atoms with van der Waals surface area (Å²) in [7, 11) is -1.88. The fourth-order valence-corrected chi connectivity index (χ4v) is 6.59. The number of piperazine rings is 1. The number of amides is 1. The molecule has 1 amide bonds. The Kier molecular flexibility index (Phi) is 6.59. The quantitative estimate of drug-likeness (QED) is 0.378. The van der Waals surface area contributed by atoms with Crippen LogP contribution in [0.3, 0.4) is 0 Å². The number of benzene rings is 2. The van der Waals surface area contributed by atoms with Gasteiger partial charge in [-0.3, -0.25) is 4.79 Å². The van der Waals surface area contributed by atoms with Crippen molar-refractivity contribution in [2.24, 2.45) is 0 Å². The second kappa shape index (κ2) is 9.83. The Morgan fingerprint density at radius 1 is 1.03 bits per heavy atom. The standard InChI is InChI=1S/C27H29N3O5S/c1-20-17-28(12-13-30(20)36(32,33)19-21-7-4-3-5-8-21)26(31)25-16-23-11-14-35-27(23)29(25)18-22-9-6-10-24(15-22)34-2/h3-11,14-16,20H,12-13,17-19H2,1-2H3. The van der Waals surface area contributed by atoms with E-state index in [4.69, 9.17) is 9.15 Å². The molecule has 0 bridgehead atoms. The fourth-order valence-electron chi connectivity index (χ4n) is 4.83. The van der Waals surface area contributed by atoms with Crippen molar-refractivity contribution >= 4 is 27.0 Å². The van der Waals surface area contributed by atoms with Gasteiger partial charge in [-0.25, -0.2) is 8.42 Å². The number of hydrogen-bond acceptors (Lipinski definition) is 5. The fraction of sp³-hybridized carbons (Fsp3) is 0.296. The van der Waals surface area contributed by atoms with Crippen molar-refractivity contribution in [3.8, 4) is 5.75 Å². The van der Waals surface area contributed by atoms with Crippen LogP contribution in [0.2, 0.25) is 0 Å². The number of nitrogens with zero attached hydrogens (tertiary/aromatic N) is 3. The zero-order valence-corrected chi connectivity index (χ0v) is 21.1. The molecule has 2 aromatic heterocycles. The topological polar surface area (TPSA) is 85.0 Å². The smallest absolute Gasteiger partial charge is 0.270 e. The van der Waals surface area contributed by atoms with Gasteiger partial charge in [0.1, 0.15) is 11.4 Å². The largest absolute Gasteiger partial charge is 0.497 e. The van der Waals surface area contributed by atoms with Gasteiger partial charge in [0.25, 0.3) is 5.91 Å². The molecule has 0 aliphatic carbocycles. The highest BCUT2D eigenvalue weighted by Gasteiger charge is 2.35. The summed E-state index contributed by atoms with van der Waals surface area (Å²) in [4.78, 5) is 15.4. The van der Waals surface area contributed by atoms with E-state index in [1.54, 1.807) is 18.3 Å². The number of hydrogen-bond donors (Lipinski definition) is 0. The number of carbonyl (C=O) groups is 1. The molecule has 0 radical (unpaired) electrons. The highest BCUT2D eigenvalue weighted by atomic mass is 32.2. The van der Waals surface area contributed by atoms with Crippen molar-refractivity contribution in [3.05, 3.63) is 89.8 Å². The highest BCUT2D eigenvalue weighted by Crippen LogP contribution is 2.26. The Labute approximate surface area is 210 Å². The van der Waals surface area contributed by atoms with Crippen molar-refractivity contribution < 1.29 is 22.4 Å². The number of aromatic nitrogens is 1. The number of carbonyl (C=O) groups excluding carboxylic acids is 1. The van der Waals surface area contributed by atoms with E-state index in [2.05, 4.69) is 0 Å². The van der Waals surface area contributed by atoms with E-state index in [0.717, 1.165) is 22.3 Å². The minimum absolute atomic E-state index is 0.0497. The minimum Gasteiger partial charge on any atom is -0.497 e. The number of sulfonamides is 1. The minimum atomic E-state index is -3.50. The summed E-state index contributed by atoms with van der Waals surface area (Å²) >= 11 is 0. The molecule has 3 heterocycles. The second-order valence-electron chi connectivity index (χ2n) is 9.10. The van der Waals surface area contributed by atoms with Gasteiger partial charge in [-0.15, -0.1) is 0 Å². The molecule has 4 aromatic rings. The van der Waals surface area contributed by atoms with Crippen LogP contribution < -0.4 is 4.74 Å². The lowest BCUT2D eigenvalue weighted by Gasteiger charge is -2.39.